The van der Waals surface area contributed by atoms with Crippen molar-refractivity contribution in [3.8, 4) is 0 Å². The van der Waals surface area contributed by atoms with Crippen LogP contribution in [0.5, 0.6) is 0 Å². The number of pyridine rings is 1. The van der Waals surface area contributed by atoms with Crippen LogP contribution >= 0.6 is 0 Å². The number of esters is 1. The first-order valence-electron chi connectivity index (χ1n) is 11.7. The van der Waals surface area contributed by atoms with E-state index in [4.69, 9.17) is 4.74 Å². The molecular weight excluding hydrogens is 396 g/mol. The van der Waals surface area contributed by atoms with Gasteiger partial charge in [0, 0.05) is 30.3 Å². The molecule has 0 radical (unpaired) electrons. The van der Waals surface area contributed by atoms with Gasteiger partial charge in [-0.05, 0) is 97.4 Å². The molecule has 0 amide bonds. The van der Waals surface area contributed by atoms with Crippen molar-refractivity contribution >= 4 is 17.3 Å². The first kappa shape index (κ1) is 20.7. The zero-order chi connectivity index (χ0) is 21.9. The zero-order valence-electron chi connectivity index (χ0n) is 18.7. The van der Waals surface area contributed by atoms with Crippen molar-refractivity contribution in [1.82, 2.24) is 4.98 Å². The van der Waals surface area contributed by atoms with E-state index in [0.717, 1.165) is 31.4 Å². The minimum Gasteiger partial charge on any atom is -0.465 e. The number of nitrogens with zero attached hydrogens (tertiary/aromatic N) is 2. The Morgan fingerprint density at radius 1 is 1.09 bits per heavy atom. The maximum Gasteiger partial charge on any atom is 0.338 e. The quantitative estimate of drug-likeness (QED) is 0.469. The van der Waals surface area contributed by atoms with Crippen molar-refractivity contribution < 1.29 is 9.53 Å². The molecule has 164 valence electrons. The first-order chi connectivity index (χ1) is 15.7. The van der Waals surface area contributed by atoms with Crippen LogP contribution in [0.1, 0.15) is 64.2 Å². The van der Waals surface area contributed by atoms with Gasteiger partial charge in [-0.2, -0.15) is 0 Å². The van der Waals surface area contributed by atoms with Crippen molar-refractivity contribution in [2.24, 2.45) is 0 Å². The molecule has 0 bridgehead atoms. The Labute approximate surface area is 190 Å². The second kappa shape index (κ2) is 9.15. The van der Waals surface area contributed by atoms with Gasteiger partial charge in [0.2, 0.25) is 0 Å². The molecular formula is C28H30N2O2. The lowest BCUT2D eigenvalue weighted by atomic mass is 9.79. The van der Waals surface area contributed by atoms with Crippen LogP contribution in [0.15, 0.2) is 60.9 Å². The molecule has 1 unspecified atom stereocenters. The molecule has 0 saturated carbocycles. The summed E-state index contributed by atoms with van der Waals surface area (Å²) >= 11 is 0. The number of fused-ring (bicyclic) bond motifs is 2. The van der Waals surface area contributed by atoms with Crippen molar-refractivity contribution in [3.05, 3.63) is 88.7 Å². The molecule has 1 aliphatic carbocycles. The number of hydrogen-bond acceptors (Lipinski definition) is 4. The largest absolute Gasteiger partial charge is 0.465 e. The van der Waals surface area contributed by atoms with Crippen LogP contribution in [0.25, 0.3) is 0 Å². The molecule has 4 heteroatoms. The average molecular weight is 427 g/mol. The van der Waals surface area contributed by atoms with E-state index >= 15 is 0 Å². The molecule has 4 nitrogen and oxygen atoms in total. The fourth-order valence-corrected chi connectivity index (χ4v) is 5.44. The van der Waals surface area contributed by atoms with Crippen LogP contribution in [-0.4, -0.2) is 24.6 Å². The van der Waals surface area contributed by atoms with Crippen LogP contribution < -0.4 is 4.90 Å². The molecule has 2 aliphatic rings. The maximum absolute atomic E-state index is 12.1. The van der Waals surface area contributed by atoms with Gasteiger partial charge in [-0.1, -0.05) is 24.3 Å². The molecule has 3 aromatic rings. The Balaban J connectivity index is 1.36. The number of ether oxygens (including phenoxy) is 1. The van der Waals surface area contributed by atoms with E-state index in [1.807, 2.05) is 6.20 Å². The summed E-state index contributed by atoms with van der Waals surface area (Å²) in [7, 11) is 1.43. The van der Waals surface area contributed by atoms with Crippen molar-refractivity contribution in [2.45, 2.75) is 50.9 Å². The van der Waals surface area contributed by atoms with Crippen LogP contribution in [0.3, 0.4) is 0 Å². The van der Waals surface area contributed by atoms with Gasteiger partial charge in [-0.3, -0.25) is 4.98 Å². The van der Waals surface area contributed by atoms with E-state index < -0.39 is 0 Å². The molecule has 1 aliphatic heterocycles. The van der Waals surface area contributed by atoms with E-state index in [-0.39, 0.29) is 5.97 Å². The molecule has 1 aromatic heterocycles. The molecule has 2 heterocycles. The van der Waals surface area contributed by atoms with Gasteiger partial charge in [-0.25, -0.2) is 4.79 Å². The number of hydrogen-bond donors (Lipinski definition) is 0. The van der Waals surface area contributed by atoms with Gasteiger partial charge in [0.1, 0.15) is 0 Å². The van der Waals surface area contributed by atoms with Gasteiger partial charge in [0.15, 0.2) is 0 Å². The lowest BCUT2D eigenvalue weighted by Crippen LogP contribution is -2.24. The van der Waals surface area contributed by atoms with E-state index in [0.29, 0.717) is 11.5 Å². The molecule has 2 aromatic carbocycles. The highest BCUT2D eigenvalue weighted by atomic mass is 16.5. The summed E-state index contributed by atoms with van der Waals surface area (Å²) in [5.41, 5.74) is 8.71. The van der Waals surface area contributed by atoms with Crippen LogP contribution in [0.4, 0.5) is 11.4 Å². The summed E-state index contributed by atoms with van der Waals surface area (Å²) < 4.78 is 4.95. The summed E-state index contributed by atoms with van der Waals surface area (Å²) in [6.07, 6.45) is 11.3. The van der Waals surface area contributed by atoms with E-state index in [9.17, 15) is 4.79 Å². The van der Waals surface area contributed by atoms with Crippen LogP contribution in [0.2, 0.25) is 0 Å². The summed E-state index contributed by atoms with van der Waals surface area (Å²) in [5.74, 6) is 0.241. The summed E-state index contributed by atoms with van der Waals surface area (Å²) in [5, 5.41) is 0. The van der Waals surface area contributed by atoms with E-state index in [2.05, 4.69) is 52.3 Å². The maximum atomic E-state index is 12.1. The number of para-hydroxylation sites is 1. The number of carbonyl (C=O) groups is 1. The Hall–Kier alpha value is -3.14. The monoisotopic (exact) mass is 426 g/mol. The number of anilines is 2. The van der Waals surface area contributed by atoms with Crippen molar-refractivity contribution in [1.29, 1.82) is 0 Å². The van der Waals surface area contributed by atoms with E-state index in [1.165, 1.54) is 60.9 Å². The third-order valence-corrected chi connectivity index (χ3v) is 7.06. The molecule has 0 saturated heterocycles. The lowest BCUT2D eigenvalue weighted by Gasteiger charge is -2.33. The SMILES string of the molecule is COC(=O)c1ccncc1CCC1CCCc2cc(N3CCCc4ccccc43)ccc21. The second-order valence-corrected chi connectivity index (χ2v) is 8.92. The van der Waals surface area contributed by atoms with Crippen LogP contribution in [-0.2, 0) is 24.0 Å². The minimum atomic E-state index is -0.280. The van der Waals surface area contributed by atoms with Gasteiger partial charge < -0.3 is 9.64 Å². The molecule has 5 rings (SSSR count). The predicted octanol–water partition coefficient (Wildman–Crippen LogP) is 6.01. The first-order valence-corrected chi connectivity index (χ1v) is 11.7. The summed E-state index contributed by atoms with van der Waals surface area (Å²) in [4.78, 5) is 18.8. The number of aromatic nitrogens is 1. The second-order valence-electron chi connectivity index (χ2n) is 8.92. The third-order valence-electron chi connectivity index (χ3n) is 7.06. The normalized spacial score (nSPS) is 17.4. The third kappa shape index (κ3) is 4.02. The van der Waals surface area contributed by atoms with Crippen LogP contribution in [0, 0.1) is 0 Å². The highest BCUT2D eigenvalue weighted by molar-refractivity contribution is 5.90. The number of aryl methyl sites for hydroxylation is 3. The number of rotatable bonds is 5. The van der Waals surface area contributed by atoms with Crippen molar-refractivity contribution in [3.63, 3.8) is 0 Å². The van der Waals surface area contributed by atoms with Gasteiger partial charge in [-0.15, -0.1) is 0 Å². The Kier molecular flexibility index (Phi) is 5.93. The summed E-state index contributed by atoms with van der Waals surface area (Å²) in [6, 6.07) is 17.7. The topological polar surface area (TPSA) is 42.4 Å². The minimum absolute atomic E-state index is 0.280. The van der Waals surface area contributed by atoms with E-state index in [1.54, 1.807) is 12.3 Å². The Morgan fingerprint density at radius 2 is 1.97 bits per heavy atom. The standard InChI is InChI=1S/C28H30N2O2/c1-32-28(31)26-15-16-29-19-23(26)12-11-20-7-4-8-22-18-24(13-14-25(20)22)30-17-5-9-21-6-2-3-10-27(21)30/h2-3,6,10,13-16,18-20H,4-5,7-9,11-12,17H2,1H3. The number of methoxy groups -OCH3 is 1. The zero-order valence-corrected chi connectivity index (χ0v) is 18.7. The summed E-state index contributed by atoms with van der Waals surface area (Å²) in [6.45, 7) is 1.08. The predicted molar refractivity (Wildman–Crippen MR) is 128 cm³/mol. The van der Waals surface area contributed by atoms with Crippen molar-refractivity contribution in [2.75, 3.05) is 18.6 Å². The molecule has 0 spiro atoms. The van der Waals surface area contributed by atoms with Gasteiger partial charge in [0.25, 0.3) is 0 Å². The molecule has 32 heavy (non-hydrogen) atoms. The highest BCUT2D eigenvalue weighted by Crippen LogP contribution is 2.39. The average Bonchev–Trinajstić information content (AvgIpc) is 2.86. The fraction of sp³-hybridized carbons (Fsp3) is 0.357. The van der Waals surface area contributed by atoms with Gasteiger partial charge >= 0.3 is 5.97 Å². The molecule has 0 N–H and O–H groups in total. The number of carbonyl (C=O) groups excluding carboxylic acids is 1. The Bertz CT molecular complexity index is 1120. The van der Waals surface area contributed by atoms with Gasteiger partial charge in [0.05, 0.1) is 12.7 Å². The smallest absolute Gasteiger partial charge is 0.338 e. The lowest BCUT2D eigenvalue weighted by molar-refractivity contribution is 0.0599. The fourth-order valence-electron chi connectivity index (χ4n) is 5.44. The Morgan fingerprint density at radius 3 is 2.88 bits per heavy atom. The molecule has 1 atom stereocenters. The molecule has 0 fully saturated rings. The number of benzene rings is 2. The highest BCUT2D eigenvalue weighted by Gasteiger charge is 2.24.